The van der Waals surface area contributed by atoms with Crippen LogP contribution in [0.1, 0.15) is 24.0 Å². The Morgan fingerprint density at radius 1 is 1.25 bits per heavy atom. The summed E-state index contributed by atoms with van der Waals surface area (Å²) >= 11 is 0. The molecule has 0 aromatic carbocycles. The molecular formula is C21H28N6O9. The molecule has 1 saturated heterocycles. The summed E-state index contributed by atoms with van der Waals surface area (Å²) in [6, 6.07) is -1.01. The van der Waals surface area contributed by atoms with Gasteiger partial charge in [0.05, 0.1) is 38.5 Å². The van der Waals surface area contributed by atoms with Crippen molar-refractivity contribution in [2.24, 2.45) is 7.05 Å². The van der Waals surface area contributed by atoms with Gasteiger partial charge in [-0.1, -0.05) is 0 Å². The lowest BCUT2D eigenvalue weighted by atomic mass is 10.1. The molecular weight excluding hydrogens is 480 g/mol. The zero-order chi connectivity index (χ0) is 26.3. The molecule has 3 aromatic rings. The van der Waals surface area contributed by atoms with E-state index in [9.17, 15) is 29.7 Å². The molecule has 0 saturated carbocycles. The lowest BCUT2D eigenvalue weighted by Gasteiger charge is -2.18. The quantitative estimate of drug-likeness (QED) is 0.261. The molecule has 1 aliphatic rings. The molecule has 1 fully saturated rings. The first-order valence-electron chi connectivity index (χ1n) is 11.1. The third kappa shape index (κ3) is 4.09. The molecule has 36 heavy (non-hydrogen) atoms. The molecule has 4 rings (SSSR count). The fourth-order valence-corrected chi connectivity index (χ4v) is 4.49. The first-order chi connectivity index (χ1) is 17.1. The number of fused-ring (bicyclic) bond motifs is 2. The van der Waals surface area contributed by atoms with E-state index in [-0.39, 0.29) is 24.1 Å². The zero-order valence-corrected chi connectivity index (χ0v) is 20.1. The van der Waals surface area contributed by atoms with Gasteiger partial charge in [-0.2, -0.15) is 0 Å². The summed E-state index contributed by atoms with van der Waals surface area (Å²) in [5, 5.41) is 32.4. The van der Waals surface area contributed by atoms with Crippen molar-refractivity contribution in [3.63, 3.8) is 0 Å². The van der Waals surface area contributed by atoms with E-state index in [0.717, 1.165) is 0 Å². The van der Waals surface area contributed by atoms with Crippen LogP contribution in [0.15, 0.2) is 11.1 Å². The maximum Gasteiger partial charge on any atom is 0.407 e. The summed E-state index contributed by atoms with van der Waals surface area (Å²) < 4.78 is 19.3. The number of ether oxygens (including phenoxy) is 3. The van der Waals surface area contributed by atoms with Crippen molar-refractivity contribution < 1.29 is 39.1 Å². The minimum absolute atomic E-state index is 0.0543. The molecule has 5 unspecified atom stereocenters. The largest absolute Gasteiger partial charge is 0.467 e. The molecule has 3 aromatic heterocycles. The van der Waals surface area contributed by atoms with Crippen molar-refractivity contribution in [2.45, 2.75) is 50.3 Å². The maximum absolute atomic E-state index is 13.5. The third-order valence-corrected chi connectivity index (χ3v) is 6.37. The molecule has 5 atom stereocenters. The van der Waals surface area contributed by atoms with Gasteiger partial charge in [0.1, 0.15) is 24.4 Å². The number of aliphatic hydroxyl groups excluding tert-OH is 3. The Balaban J connectivity index is 1.75. The van der Waals surface area contributed by atoms with Crippen LogP contribution in [0.4, 0.5) is 4.79 Å². The van der Waals surface area contributed by atoms with Gasteiger partial charge in [0.15, 0.2) is 17.4 Å². The number of carbonyl (C=O) groups excluding carboxylic acids is 2. The van der Waals surface area contributed by atoms with E-state index in [0.29, 0.717) is 17.0 Å². The average Bonchev–Trinajstić information content (AvgIpc) is 3.54. The second-order valence-electron chi connectivity index (χ2n) is 8.45. The molecule has 15 nitrogen and oxygen atoms in total. The highest BCUT2D eigenvalue weighted by Crippen LogP contribution is 2.31. The average molecular weight is 508 g/mol. The third-order valence-electron chi connectivity index (χ3n) is 6.37. The monoisotopic (exact) mass is 508 g/mol. The molecule has 0 spiro atoms. The van der Waals surface area contributed by atoms with Crippen LogP contribution in [-0.4, -0.2) is 96.1 Å². The van der Waals surface area contributed by atoms with Crippen LogP contribution in [-0.2, 0) is 32.5 Å². The molecule has 0 radical (unpaired) electrons. The molecule has 1 aliphatic heterocycles. The summed E-state index contributed by atoms with van der Waals surface area (Å²) in [4.78, 5) is 46.0. The van der Waals surface area contributed by atoms with E-state index < -0.39 is 54.8 Å². The van der Waals surface area contributed by atoms with Gasteiger partial charge >= 0.3 is 12.1 Å². The van der Waals surface area contributed by atoms with E-state index in [1.54, 1.807) is 18.5 Å². The number of aliphatic hydroxyl groups is 3. The molecule has 0 aliphatic carbocycles. The number of esters is 1. The molecule has 4 heterocycles. The first kappa shape index (κ1) is 25.6. The van der Waals surface area contributed by atoms with E-state index in [2.05, 4.69) is 20.0 Å². The fraction of sp³-hybridized carbons (Fsp3) is 0.571. The Kier molecular flexibility index (Phi) is 6.99. The van der Waals surface area contributed by atoms with Gasteiger partial charge in [0, 0.05) is 7.05 Å². The SMILES string of the molecule is COC(=O)NC(CCc1c(C)nc2n(C)c3c(ncn3C3OC(CO)C(O)C3O)c(=O)n12)C(=O)OC. The van der Waals surface area contributed by atoms with Crippen molar-refractivity contribution in [3.8, 4) is 0 Å². The number of hydrogen-bond donors (Lipinski definition) is 4. The van der Waals surface area contributed by atoms with Crippen molar-refractivity contribution in [1.29, 1.82) is 0 Å². The van der Waals surface area contributed by atoms with Crippen LogP contribution in [0, 0.1) is 6.92 Å². The van der Waals surface area contributed by atoms with Gasteiger partial charge < -0.3 is 34.8 Å². The van der Waals surface area contributed by atoms with Gasteiger partial charge in [-0.25, -0.2) is 24.0 Å². The predicted molar refractivity (Wildman–Crippen MR) is 121 cm³/mol. The Bertz CT molecular complexity index is 1360. The zero-order valence-electron chi connectivity index (χ0n) is 20.1. The van der Waals surface area contributed by atoms with Gasteiger partial charge in [-0.05, 0) is 19.8 Å². The summed E-state index contributed by atoms with van der Waals surface area (Å²) in [5.74, 6) is -0.400. The number of rotatable bonds is 7. The molecule has 1 amide bonds. The van der Waals surface area contributed by atoms with Gasteiger partial charge in [0.2, 0.25) is 5.78 Å². The number of aryl methyl sites for hydroxylation is 3. The van der Waals surface area contributed by atoms with E-state index >= 15 is 0 Å². The number of imidazole rings is 2. The van der Waals surface area contributed by atoms with Crippen LogP contribution in [0.5, 0.6) is 0 Å². The molecule has 196 valence electrons. The second-order valence-corrected chi connectivity index (χ2v) is 8.45. The molecule has 15 heteroatoms. The van der Waals surface area contributed by atoms with Crippen LogP contribution >= 0.6 is 0 Å². The highest BCUT2D eigenvalue weighted by molar-refractivity contribution is 5.81. The van der Waals surface area contributed by atoms with Crippen molar-refractivity contribution in [1.82, 2.24) is 28.8 Å². The van der Waals surface area contributed by atoms with Crippen LogP contribution < -0.4 is 10.9 Å². The Labute approximate surface area is 203 Å². The number of amides is 1. The van der Waals surface area contributed by atoms with E-state index in [4.69, 9.17) is 9.47 Å². The number of methoxy groups -OCH3 is 2. The van der Waals surface area contributed by atoms with Crippen molar-refractivity contribution >= 4 is 29.0 Å². The molecule has 4 N–H and O–H groups in total. The highest BCUT2D eigenvalue weighted by atomic mass is 16.6. The number of nitrogens with zero attached hydrogens (tertiary/aromatic N) is 5. The number of alkyl carbamates (subject to hydrolysis) is 1. The summed E-state index contributed by atoms with van der Waals surface area (Å²) in [6.45, 7) is 1.21. The first-order valence-corrected chi connectivity index (χ1v) is 11.1. The van der Waals surface area contributed by atoms with Crippen LogP contribution in [0.2, 0.25) is 0 Å². The highest BCUT2D eigenvalue weighted by Gasteiger charge is 2.44. The lowest BCUT2D eigenvalue weighted by Crippen LogP contribution is -2.41. The summed E-state index contributed by atoms with van der Waals surface area (Å²) in [5.41, 5.74) is 0.888. The predicted octanol–water partition coefficient (Wildman–Crippen LogP) is -1.87. The number of aromatic nitrogens is 5. The minimum Gasteiger partial charge on any atom is -0.467 e. The topological polar surface area (TPSA) is 192 Å². The maximum atomic E-state index is 13.5. The lowest BCUT2D eigenvalue weighted by molar-refractivity contribution is -0.143. The Hall–Kier alpha value is -3.53. The smallest absolute Gasteiger partial charge is 0.407 e. The normalized spacial score (nSPS) is 22.8. The fourth-order valence-electron chi connectivity index (χ4n) is 4.49. The van der Waals surface area contributed by atoms with E-state index in [1.165, 1.54) is 29.5 Å². The van der Waals surface area contributed by atoms with E-state index in [1.807, 2.05) is 0 Å². The minimum atomic E-state index is -1.36. The number of hydrogen-bond acceptors (Lipinski definition) is 11. The molecule has 0 bridgehead atoms. The summed E-state index contributed by atoms with van der Waals surface area (Å²) in [7, 11) is 4.03. The van der Waals surface area contributed by atoms with Gasteiger partial charge in [0.25, 0.3) is 5.56 Å². The van der Waals surface area contributed by atoms with Gasteiger partial charge in [-0.15, -0.1) is 0 Å². The van der Waals surface area contributed by atoms with Crippen molar-refractivity contribution in [2.75, 3.05) is 20.8 Å². The summed E-state index contributed by atoms with van der Waals surface area (Å²) in [6.07, 6.45) is -3.96. The van der Waals surface area contributed by atoms with Gasteiger partial charge in [-0.3, -0.25) is 13.9 Å². The van der Waals surface area contributed by atoms with Crippen LogP contribution in [0.25, 0.3) is 16.9 Å². The standard InChI is InChI=1S/C21H28N6O9/c1-9-11(6-5-10(19(32)34-3)24-21(33)35-4)27-17(31)13-16(25(2)20(27)23-9)26(8-22-13)18-15(30)14(29)12(7-28)36-18/h8,10,12,14-15,18,28-30H,5-7H2,1-4H3,(H,24,33). The number of nitrogens with one attached hydrogen (secondary N) is 1. The second kappa shape index (κ2) is 9.85. The Morgan fingerprint density at radius 3 is 2.58 bits per heavy atom. The van der Waals surface area contributed by atoms with Crippen LogP contribution in [0.3, 0.4) is 0 Å². The van der Waals surface area contributed by atoms with Crippen molar-refractivity contribution in [3.05, 3.63) is 28.1 Å². The Morgan fingerprint density at radius 2 is 1.97 bits per heavy atom. The number of carbonyl (C=O) groups is 2.